The number of para-hydroxylation sites is 1. The highest BCUT2D eigenvalue weighted by Gasteiger charge is 2.13. The van der Waals surface area contributed by atoms with Gasteiger partial charge in [0.05, 0.1) is 32.4 Å². The second kappa shape index (κ2) is 8.77. The molecule has 30 heavy (non-hydrogen) atoms. The summed E-state index contributed by atoms with van der Waals surface area (Å²) in [4.78, 5) is 33.7. The molecule has 152 valence electrons. The van der Waals surface area contributed by atoms with Gasteiger partial charge in [0.1, 0.15) is 0 Å². The molecule has 0 spiro atoms. The summed E-state index contributed by atoms with van der Waals surface area (Å²) in [5.74, 6) is -0.141. The number of thioether (sulfide) groups is 1. The van der Waals surface area contributed by atoms with Gasteiger partial charge >= 0.3 is 0 Å². The Balaban J connectivity index is 1.44. The Labute approximate surface area is 189 Å². The van der Waals surface area contributed by atoms with Crippen molar-refractivity contribution in [3.63, 3.8) is 0 Å². The number of nitrogens with one attached hydrogen (secondary N) is 1. The molecule has 0 saturated heterocycles. The highest BCUT2D eigenvalue weighted by atomic mass is 35.5. The zero-order valence-corrected chi connectivity index (χ0v) is 18.7. The van der Waals surface area contributed by atoms with Crippen LogP contribution in [0.2, 0.25) is 10.0 Å². The van der Waals surface area contributed by atoms with Crippen molar-refractivity contribution in [3.05, 3.63) is 68.2 Å². The van der Waals surface area contributed by atoms with E-state index in [4.69, 9.17) is 23.2 Å². The molecule has 2 aromatic heterocycles. The van der Waals surface area contributed by atoms with E-state index in [9.17, 15) is 9.59 Å². The van der Waals surface area contributed by atoms with E-state index < -0.39 is 0 Å². The molecule has 0 aliphatic rings. The normalized spacial score (nSPS) is 11.0. The van der Waals surface area contributed by atoms with Crippen LogP contribution in [0.15, 0.2) is 57.8 Å². The van der Waals surface area contributed by atoms with Crippen LogP contribution in [0.5, 0.6) is 0 Å². The van der Waals surface area contributed by atoms with Crippen LogP contribution in [0.25, 0.3) is 22.2 Å². The van der Waals surface area contributed by atoms with Crippen molar-refractivity contribution >= 4 is 68.2 Å². The Hall–Kier alpha value is -2.39. The number of hydrogen-bond donors (Lipinski definition) is 1. The topological polar surface area (TPSA) is 76.9 Å². The zero-order chi connectivity index (χ0) is 21.3. The first-order chi connectivity index (χ1) is 14.4. The van der Waals surface area contributed by atoms with Gasteiger partial charge in [0.15, 0.2) is 10.3 Å². The minimum Gasteiger partial charge on any atom is -0.301 e. The summed E-state index contributed by atoms with van der Waals surface area (Å²) in [6.07, 6.45) is 0. The lowest BCUT2D eigenvalue weighted by atomic mass is 10.2. The second-order valence-electron chi connectivity index (χ2n) is 6.28. The second-order valence-corrected chi connectivity index (χ2v) is 8.89. The predicted octanol–water partition coefficient (Wildman–Crippen LogP) is 5.09. The Morgan fingerprint density at radius 3 is 2.77 bits per heavy atom. The van der Waals surface area contributed by atoms with Crippen molar-refractivity contribution in [1.29, 1.82) is 0 Å². The summed E-state index contributed by atoms with van der Waals surface area (Å²) in [7, 11) is 1.65. The number of nitrogens with zero attached hydrogens (tertiary/aromatic N) is 3. The number of halogens is 2. The van der Waals surface area contributed by atoms with Crippen molar-refractivity contribution in [2.75, 3.05) is 11.1 Å². The van der Waals surface area contributed by atoms with Crippen LogP contribution in [-0.4, -0.2) is 26.2 Å². The molecule has 2 heterocycles. The Morgan fingerprint density at radius 2 is 1.97 bits per heavy atom. The monoisotopic (exact) mass is 476 g/mol. The Morgan fingerprint density at radius 1 is 1.17 bits per heavy atom. The molecule has 10 heteroatoms. The fraction of sp³-hybridized carbons (Fsp3) is 0.100. The fourth-order valence-electron chi connectivity index (χ4n) is 2.73. The molecule has 4 rings (SSSR count). The van der Waals surface area contributed by atoms with Crippen molar-refractivity contribution in [1.82, 2.24) is 14.5 Å². The summed E-state index contributed by atoms with van der Waals surface area (Å²) in [5, 5.41) is 7.01. The molecule has 0 bridgehead atoms. The van der Waals surface area contributed by atoms with Gasteiger partial charge in [-0.25, -0.2) is 9.97 Å². The van der Waals surface area contributed by atoms with E-state index in [1.54, 1.807) is 37.4 Å². The van der Waals surface area contributed by atoms with Crippen molar-refractivity contribution < 1.29 is 4.79 Å². The predicted molar refractivity (Wildman–Crippen MR) is 124 cm³/mol. The standard InChI is InChI=1S/C20H14Cl2N4O2S2/c1-26-18(28)12-4-2-3-5-15(12)24-20(26)30-10-17(27)25-19-23-16(9-29-19)11-6-7-13(21)14(22)8-11/h2-9H,10H2,1H3,(H,23,25,27). The first-order valence-corrected chi connectivity index (χ1v) is 11.3. The van der Waals surface area contributed by atoms with Crippen LogP contribution in [0.3, 0.4) is 0 Å². The number of anilines is 1. The SMILES string of the molecule is Cn1c(SCC(=O)Nc2nc(-c3ccc(Cl)c(Cl)c3)cs2)nc2ccccc2c1=O. The molecule has 4 aromatic rings. The molecular weight excluding hydrogens is 463 g/mol. The molecule has 1 N–H and O–H groups in total. The molecular formula is C20H14Cl2N4O2S2. The average molecular weight is 477 g/mol. The quantitative estimate of drug-likeness (QED) is 0.320. The largest absolute Gasteiger partial charge is 0.301 e. The third-order valence-corrected chi connectivity index (χ3v) is 6.77. The number of aromatic nitrogens is 3. The van der Waals surface area contributed by atoms with Crippen molar-refractivity contribution in [2.24, 2.45) is 7.05 Å². The third kappa shape index (κ3) is 4.37. The maximum absolute atomic E-state index is 12.5. The maximum atomic E-state index is 12.5. The van der Waals surface area contributed by atoms with Gasteiger partial charge in [-0.1, -0.05) is 53.2 Å². The maximum Gasteiger partial charge on any atom is 0.261 e. The van der Waals surface area contributed by atoms with Gasteiger partial charge in [0.25, 0.3) is 5.56 Å². The van der Waals surface area contributed by atoms with E-state index in [0.717, 1.165) is 5.56 Å². The van der Waals surface area contributed by atoms with Gasteiger partial charge in [-0.15, -0.1) is 11.3 Å². The molecule has 2 aromatic carbocycles. The minimum atomic E-state index is -0.238. The molecule has 0 aliphatic carbocycles. The number of rotatable bonds is 5. The number of hydrogen-bond acceptors (Lipinski definition) is 6. The van der Waals surface area contributed by atoms with Crippen LogP contribution in [-0.2, 0) is 11.8 Å². The van der Waals surface area contributed by atoms with Crippen molar-refractivity contribution in [2.45, 2.75) is 5.16 Å². The highest BCUT2D eigenvalue weighted by molar-refractivity contribution is 7.99. The lowest BCUT2D eigenvalue weighted by molar-refractivity contribution is -0.113. The summed E-state index contributed by atoms with van der Waals surface area (Å²) in [6, 6.07) is 12.4. The average Bonchev–Trinajstić information content (AvgIpc) is 3.20. The van der Waals surface area contributed by atoms with Gasteiger partial charge in [-0.05, 0) is 24.3 Å². The fourth-order valence-corrected chi connectivity index (χ4v) is 4.54. The summed E-state index contributed by atoms with van der Waals surface area (Å²) < 4.78 is 1.45. The van der Waals surface area contributed by atoms with E-state index in [1.807, 2.05) is 17.5 Å². The van der Waals surface area contributed by atoms with Gasteiger partial charge in [0, 0.05) is 18.0 Å². The van der Waals surface area contributed by atoms with E-state index in [1.165, 1.54) is 27.7 Å². The minimum absolute atomic E-state index is 0.0975. The van der Waals surface area contributed by atoms with Crippen LogP contribution in [0.4, 0.5) is 5.13 Å². The smallest absolute Gasteiger partial charge is 0.261 e. The Kier molecular flexibility index (Phi) is 6.10. The molecule has 0 aliphatic heterocycles. The summed E-state index contributed by atoms with van der Waals surface area (Å²) >= 11 is 14.5. The van der Waals surface area contributed by atoms with E-state index in [2.05, 4.69) is 15.3 Å². The van der Waals surface area contributed by atoms with E-state index in [0.29, 0.717) is 36.9 Å². The molecule has 1 amide bonds. The van der Waals surface area contributed by atoms with Gasteiger partial charge in [0.2, 0.25) is 5.91 Å². The number of fused-ring (bicyclic) bond motifs is 1. The number of thiazole rings is 1. The van der Waals surface area contributed by atoms with Crippen LogP contribution >= 0.6 is 46.3 Å². The summed E-state index contributed by atoms with van der Waals surface area (Å²) in [5.41, 5.74) is 1.97. The number of carbonyl (C=O) groups is 1. The molecule has 0 saturated carbocycles. The number of carbonyl (C=O) groups excluding carboxylic acids is 1. The molecule has 0 atom stereocenters. The Bertz CT molecular complexity index is 1320. The van der Waals surface area contributed by atoms with E-state index in [-0.39, 0.29) is 17.2 Å². The van der Waals surface area contributed by atoms with Gasteiger partial charge < -0.3 is 5.32 Å². The number of benzene rings is 2. The van der Waals surface area contributed by atoms with Crippen molar-refractivity contribution in [3.8, 4) is 11.3 Å². The number of amides is 1. The van der Waals surface area contributed by atoms with Crippen LogP contribution < -0.4 is 10.9 Å². The van der Waals surface area contributed by atoms with Crippen LogP contribution in [0.1, 0.15) is 0 Å². The third-order valence-electron chi connectivity index (χ3n) is 4.24. The van der Waals surface area contributed by atoms with Gasteiger partial charge in [-0.3, -0.25) is 14.2 Å². The zero-order valence-electron chi connectivity index (χ0n) is 15.6. The summed E-state index contributed by atoms with van der Waals surface area (Å²) in [6.45, 7) is 0. The lowest BCUT2D eigenvalue weighted by Crippen LogP contribution is -2.21. The molecule has 0 fully saturated rings. The first-order valence-electron chi connectivity index (χ1n) is 8.72. The van der Waals surface area contributed by atoms with Crippen LogP contribution in [0, 0.1) is 0 Å². The molecule has 0 unspecified atom stereocenters. The lowest BCUT2D eigenvalue weighted by Gasteiger charge is -2.08. The van der Waals surface area contributed by atoms with E-state index >= 15 is 0 Å². The molecule has 6 nitrogen and oxygen atoms in total. The highest BCUT2D eigenvalue weighted by Crippen LogP contribution is 2.30. The molecule has 0 radical (unpaired) electrons. The van der Waals surface area contributed by atoms with Gasteiger partial charge in [-0.2, -0.15) is 0 Å². The first kappa shape index (κ1) is 20.9.